The van der Waals surface area contributed by atoms with Crippen molar-refractivity contribution in [1.29, 1.82) is 0 Å². The minimum atomic E-state index is 0.102. The van der Waals surface area contributed by atoms with Crippen LogP contribution in [0, 0.1) is 0 Å². The molecule has 1 aliphatic rings. The van der Waals surface area contributed by atoms with Crippen molar-refractivity contribution in [3.8, 4) is 0 Å². The van der Waals surface area contributed by atoms with Crippen molar-refractivity contribution in [2.24, 2.45) is 5.73 Å². The first-order chi connectivity index (χ1) is 8.17. The molecule has 0 bridgehead atoms. The molecule has 1 unspecified atom stereocenters. The lowest BCUT2D eigenvalue weighted by Gasteiger charge is -2.23. The molecule has 0 saturated carbocycles. The molecule has 4 nitrogen and oxygen atoms in total. The molecular formula is C12H18BrN3O. The highest BCUT2D eigenvalue weighted by atomic mass is 79.9. The Bertz CT molecular complexity index is 416. The molecule has 0 aliphatic carbocycles. The van der Waals surface area contributed by atoms with Gasteiger partial charge in [-0.3, -0.25) is 4.79 Å². The molecule has 17 heavy (non-hydrogen) atoms. The van der Waals surface area contributed by atoms with Crippen molar-refractivity contribution in [2.75, 3.05) is 13.1 Å². The Morgan fingerprint density at radius 3 is 3.06 bits per heavy atom. The second kappa shape index (κ2) is 5.23. The van der Waals surface area contributed by atoms with Crippen LogP contribution in [0.25, 0.3) is 0 Å². The molecule has 2 rings (SSSR count). The van der Waals surface area contributed by atoms with Gasteiger partial charge in [0.15, 0.2) is 0 Å². The third-order valence-corrected chi connectivity index (χ3v) is 3.77. The van der Waals surface area contributed by atoms with Gasteiger partial charge in [-0.15, -0.1) is 0 Å². The van der Waals surface area contributed by atoms with Gasteiger partial charge < -0.3 is 15.2 Å². The van der Waals surface area contributed by atoms with Crippen molar-refractivity contribution >= 4 is 21.8 Å². The number of aromatic nitrogens is 1. The molecule has 0 radical (unpaired) electrons. The van der Waals surface area contributed by atoms with E-state index in [1.807, 2.05) is 28.7 Å². The lowest BCUT2D eigenvalue weighted by atomic mass is 10.2. The largest absolute Gasteiger partial charge is 0.343 e. The third kappa shape index (κ3) is 2.40. The van der Waals surface area contributed by atoms with Gasteiger partial charge >= 0.3 is 0 Å². The summed E-state index contributed by atoms with van der Waals surface area (Å²) in [6.45, 7) is 4.22. The van der Waals surface area contributed by atoms with Gasteiger partial charge in [-0.1, -0.05) is 0 Å². The molecule has 1 saturated heterocycles. The van der Waals surface area contributed by atoms with Crippen LogP contribution in [0.5, 0.6) is 0 Å². The molecule has 1 aromatic rings. The molecule has 0 spiro atoms. The summed E-state index contributed by atoms with van der Waals surface area (Å²) in [6, 6.07) is 2.10. The standard InChI is InChI=1S/C12H18BrN3O/c1-2-15-8-9(13)6-11(15)12(17)16-5-3-4-10(16)7-14/h6,8,10H,2-5,7,14H2,1H3. The number of aryl methyl sites for hydroxylation is 1. The molecule has 1 fully saturated rings. The first-order valence-corrected chi connectivity index (χ1v) is 6.83. The summed E-state index contributed by atoms with van der Waals surface area (Å²) in [4.78, 5) is 14.3. The van der Waals surface area contributed by atoms with Crippen molar-refractivity contribution in [3.63, 3.8) is 0 Å². The second-order valence-corrected chi connectivity index (χ2v) is 5.28. The molecule has 1 atom stereocenters. The summed E-state index contributed by atoms with van der Waals surface area (Å²) in [7, 11) is 0. The average molecular weight is 300 g/mol. The van der Waals surface area contributed by atoms with E-state index in [0.29, 0.717) is 6.54 Å². The number of hydrogen-bond acceptors (Lipinski definition) is 2. The summed E-state index contributed by atoms with van der Waals surface area (Å²) in [5.41, 5.74) is 6.46. The maximum atomic E-state index is 12.4. The van der Waals surface area contributed by atoms with Gasteiger partial charge in [0.2, 0.25) is 0 Å². The Morgan fingerprint density at radius 1 is 1.65 bits per heavy atom. The molecule has 1 aromatic heterocycles. The van der Waals surface area contributed by atoms with Gasteiger partial charge in [-0.2, -0.15) is 0 Å². The SMILES string of the molecule is CCn1cc(Br)cc1C(=O)N1CCCC1CN. The molecule has 1 aliphatic heterocycles. The molecule has 5 heteroatoms. The Morgan fingerprint density at radius 2 is 2.41 bits per heavy atom. The van der Waals surface area contributed by atoms with Gasteiger partial charge in [0.05, 0.1) is 0 Å². The molecule has 1 amide bonds. The average Bonchev–Trinajstić information content (AvgIpc) is 2.93. The zero-order valence-electron chi connectivity index (χ0n) is 10.0. The van der Waals surface area contributed by atoms with E-state index in [-0.39, 0.29) is 11.9 Å². The number of rotatable bonds is 3. The van der Waals surface area contributed by atoms with Gasteiger partial charge in [0.1, 0.15) is 5.69 Å². The van der Waals surface area contributed by atoms with Gasteiger partial charge in [0, 0.05) is 36.3 Å². The van der Waals surface area contributed by atoms with E-state index in [0.717, 1.165) is 36.1 Å². The van der Waals surface area contributed by atoms with Crippen LogP contribution in [0.2, 0.25) is 0 Å². The predicted octanol–water partition coefficient (Wildman–Crippen LogP) is 1.83. The zero-order valence-corrected chi connectivity index (χ0v) is 11.6. The van der Waals surface area contributed by atoms with Crippen molar-refractivity contribution in [3.05, 3.63) is 22.4 Å². The van der Waals surface area contributed by atoms with Crippen LogP contribution in [0.4, 0.5) is 0 Å². The third-order valence-electron chi connectivity index (χ3n) is 3.33. The van der Waals surface area contributed by atoms with Crippen LogP contribution < -0.4 is 5.73 Å². The fourth-order valence-corrected chi connectivity index (χ4v) is 2.87. The minimum absolute atomic E-state index is 0.102. The van der Waals surface area contributed by atoms with Gasteiger partial charge in [0.25, 0.3) is 5.91 Å². The molecule has 94 valence electrons. The molecular weight excluding hydrogens is 282 g/mol. The number of likely N-dealkylation sites (tertiary alicyclic amines) is 1. The summed E-state index contributed by atoms with van der Waals surface area (Å²) >= 11 is 3.42. The summed E-state index contributed by atoms with van der Waals surface area (Å²) in [5.74, 6) is 0.102. The molecule has 2 N–H and O–H groups in total. The maximum Gasteiger partial charge on any atom is 0.270 e. The van der Waals surface area contributed by atoms with E-state index < -0.39 is 0 Å². The highest BCUT2D eigenvalue weighted by Gasteiger charge is 2.29. The highest BCUT2D eigenvalue weighted by molar-refractivity contribution is 9.10. The van der Waals surface area contributed by atoms with Crippen molar-refractivity contribution < 1.29 is 4.79 Å². The summed E-state index contributed by atoms with van der Waals surface area (Å²) in [5, 5.41) is 0. The number of nitrogens with two attached hydrogens (primary N) is 1. The molecule has 2 heterocycles. The van der Waals surface area contributed by atoms with Crippen LogP contribution in [-0.4, -0.2) is 34.5 Å². The summed E-state index contributed by atoms with van der Waals surface area (Å²) < 4.78 is 2.92. The number of halogens is 1. The van der Waals surface area contributed by atoms with E-state index in [2.05, 4.69) is 15.9 Å². The Labute approximate surface area is 110 Å². The quantitative estimate of drug-likeness (QED) is 0.926. The number of nitrogens with zero attached hydrogens (tertiary/aromatic N) is 2. The number of hydrogen-bond donors (Lipinski definition) is 1. The van der Waals surface area contributed by atoms with Crippen LogP contribution in [0.15, 0.2) is 16.7 Å². The van der Waals surface area contributed by atoms with Crippen LogP contribution in [0.3, 0.4) is 0 Å². The monoisotopic (exact) mass is 299 g/mol. The van der Waals surface area contributed by atoms with E-state index >= 15 is 0 Å². The van der Waals surface area contributed by atoms with E-state index in [1.54, 1.807) is 0 Å². The van der Waals surface area contributed by atoms with Crippen LogP contribution in [-0.2, 0) is 6.54 Å². The Kier molecular flexibility index (Phi) is 3.89. The summed E-state index contributed by atoms with van der Waals surface area (Å²) in [6.07, 6.45) is 4.03. The van der Waals surface area contributed by atoms with Crippen molar-refractivity contribution in [1.82, 2.24) is 9.47 Å². The first-order valence-electron chi connectivity index (χ1n) is 6.04. The van der Waals surface area contributed by atoms with Crippen LogP contribution >= 0.6 is 15.9 Å². The lowest BCUT2D eigenvalue weighted by molar-refractivity contribution is 0.0730. The molecule has 0 aromatic carbocycles. The Balaban J connectivity index is 2.24. The van der Waals surface area contributed by atoms with Crippen molar-refractivity contribution in [2.45, 2.75) is 32.4 Å². The number of carbonyl (C=O) groups is 1. The number of amides is 1. The minimum Gasteiger partial charge on any atom is -0.343 e. The second-order valence-electron chi connectivity index (χ2n) is 4.36. The van der Waals surface area contributed by atoms with E-state index in [1.165, 1.54) is 0 Å². The Hall–Kier alpha value is -0.810. The predicted molar refractivity (Wildman–Crippen MR) is 70.9 cm³/mol. The fraction of sp³-hybridized carbons (Fsp3) is 0.583. The van der Waals surface area contributed by atoms with Gasteiger partial charge in [-0.25, -0.2) is 0 Å². The van der Waals surface area contributed by atoms with E-state index in [9.17, 15) is 4.79 Å². The fourth-order valence-electron chi connectivity index (χ4n) is 2.41. The normalized spacial score (nSPS) is 19.9. The maximum absolute atomic E-state index is 12.4. The smallest absolute Gasteiger partial charge is 0.270 e. The van der Waals surface area contributed by atoms with Crippen LogP contribution in [0.1, 0.15) is 30.3 Å². The number of carbonyl (C=O) groups excluding carboxylic acids is 1. The zero-order chi connectivity index (χ0) is 12.4. The lowest BCUT2D eigenvalue weighted by Crippen LogP contribution is -2.40. The highest BCUT2D eigenvalue weighted by Crippen LogP contribution is 2.22. The first kappa shape index (κ1) is 12.6. The topological polar surface area (TPSA) is 51.3 Å². The van der Waals surface area contributed by atoms with Gasteiger partial charge in [-0.05, 0) is 41.8 Å². The van der Waals surface area contributed by atoms with E-state index in [4.69, 9.17) is 5.73 Å².